The zero-order valence-corrected chi connectivity index (χ0v) is 14.3. The summed E-state index contributed by atoms with van der Waals surface area (Å²) in [7, 11) is 0. The van der Waals surface area contributed by atoms with Gasteiger partial charge in [-0.3, -0.25) is 14.2 Å². The molecule has 26 heavy (non-hydrogen) atoms. The van der Waals surface area contributed by atoms with Gasteiger partial charge in [-0.1, -0.05) is 36.4 Å². The highest BCUT2D eigenvalue weighted by Crippen LogP contribution is 2.18. The van der Waals surface area contributed by atoms with Crippen molar-refractivity contribution in [2.24, 2.45) is 0 Å². The molecule has 6 nitrogen and oxygen atoms in total. The number of rotatable bonds is 4. The number of hydrogen-bond acceptors (Lipinski definition) is 4. The summed E-state index contributed by atoms with van der Waals surface area (Å²) >= 11 is 0. The number of aromatic nitrogens is 4. The van der Waals surface area contributed by atoms with Gasteiger partial charge in [0.1, 0.15) is 0 Å². The molecule has 1 N–H and O–H groups in total. The minimum absolute atomic E-state index is 0.178. The van der Waals surface area contributed by atoms with Crippen molar-refractivity contribution in [2.75, 3.05) is 0 Å². The number of nitrogens with zero attached hydrogens (tertiary/aromatic N) is 4. The van der Waals surface area contributed by atoms with Gasteiger partial charge in [0, 0.05) is 11.8 Å². The molecule has 0 fully saturated rings. The highest BCUT2D eigenvalue weighted by atomic mass is 16.1. The SMILES string of the molecule is Cc1nc(-c2ccccc2)ccc1C(=O)NCc1nnc2ccccn12. The molecule has 1 amide bonds. The molecule has 3 heterocycles. The number of fused-ring (bicyclic) bond motifs is 1. The third-order valence-electron chi connectivity index (χ3n) is 4.19. The summed E-state index contributed by atoms with van der Waals surface area (Å²) in [4.78, 5) is 17.1. The van der Waals surface area contributed by atoms with E-state index in [-0.39, 0.29) is 5.91 Å². The second-order valence-corrected chi connectivity index (χ2v) is 5.92. The smallest absolute Gasteiger partial charge is 0.253 e. The normalized spacial score (nSPS) is 10.8. The minimum atomic E-state index is -0.178. The largest absolute Gasteiger partial charge is 0.345 e. The lowest BCUT2D eigenvalue weighted by atomic mass is 10.1. The minimum Gasteiger partial charge on any atom is -0.345 e. The molecule has 3 aromatic heterocycles. The number of nitrogens with one attached hydrogen (secondary N) is 1. The van der Waals surface area contributed by atoms with Crippen molar-refractivity contribution in [3.63, 3.8) is 0 Å². The van der Waals surface area contributed by atoms with Gasteiger partial charge >= 0.3 is 0 Å². The Morgan fingerprint density at radius 1 is 1.00 bits per heavy atom. The molecule has 0 aliphatic carbocycles. The fourth-order valence-electron chi connectivity index (χ4n) is 2.84. The average molecular weight is 343 g/mol. The maximum Gasteiger partial charge on any atom is 0.253 e. The molecular weight excluding hydrogens is 326 g/mol. The van der Waals surface area contributed by atoms with E-state index in [4.69, 9.17) is 0 Å². The van der Waals surface area contributed by atoms with Gasteiger partial charge in [0.2, 0.25) is 0 Å². The van der Waals surface area contributed by atoms with Crippen LogP contribution in [0.2, 0.25) is 0 Å². The van der Waals surface area contributed by atoms with Crippen LogP contribution in [0.3, 0.4) is 0 Å². The Morgan fingerprint density at radius 2 is 1.81 bits per heavy atom. The number of carbonyl (C=O) groups is 1. The van der Waals surface area contributed by atoms with Crippen molar-refractivity contribution < 1.29 is 4.79 Å². The molecule has 4 aromatic rings. The van der Waals surface area contributed by atoms with E-state index in [1.807, 2.05) is 78.2 Å². The molecular formula is C20H17N5O. The molecule has 0 saturated heterocycles. The van der Waals surface area contributed by atoms with Crippen LogP contribution in [0, 0.1) is 6.92 Å². The first kappa shape index (κ1) is 16.0. The predicted octanol–water partition coefficient (Wildman–Crippen LogP) is 3.03. The van der Waals surface area contributed by atoms with E-state index in [0.29, 0.717) is 23.6 Å². The number of aryl methyl sites for hydroxylation is 1. The lowest BCUT2D eigenvalue weighted by Gasteiger charge is -2.08. The zero-order chi connectivity index (χ0) is 17.9. The summed E-state index contributed by atoms with van der Waals surface area (Å²) in [5, 5.41) is 11.1. The average Bonchev–Trinajstić information content (AvgIpc) is 3.10. The molecule has 0 aliphatic rings. The molecule has 0 saturated carbocycles. The number of pyridine rings is 2. The van der Waals surface area contributed by atoms with Crippen LogP contribution in [0.25, 0.3) is 16.9 Å². The summed E-state index contributed by atoms with van der Waals surface area (Å²) in [5.74, 6) is 0.503. The van der Waals surface area contributed by atoms with Crippen LogP contribution in [0.5, 0.6) is 0 Å². The zero-order valence-electron chi connectivity index (χ0n) is 14.3. The fraction of sp³-hybridized carbons (Fsp3) is 0.100. The van der Waals surface area contributed by atoms with Gasteiger partial charge in [-0.25, -0.2) is 0 Å². The van der Waals surface area contributed by atoms with Gasteiger partial charge in [0.05, 0.1) is 23.5 Å². The molecule has 0 spiro atoms. The molecule has 4 rings (SSSR count). The van der Waals surface area contributed by atoms with Crippen LogP contribution in [-0.2, 0) is 6.54 Å². The third kappa shape index (κ3) is 3.04. The van der Waals surface area contributed by atoms with E-state index < -0.39 is 0 Å². The van der Waals surface area contributed by atoms with Gasteiger partial charge < -0.3 is 5.32 Å². The Labute approximate surface area is 150 Å². The monoisotopic (exact) mass is 343 g/mol. The van der Waals surface area contributed by atoms with Gasteiger partial charge in [-0.2, -0.15) is 0 Å². The number of amides is 1. The lowest BCUT2D eigenvalue weighted by Crippen LogP contribution is -2.25. The van der Waals surface area contributed by atoms with Crippen molar-refractivity contribution in [1.82, 2.24) is 24.9 Å². The second-order valence-electron chi connectivity index (χ2n) is 5.92. The van der Waals surface area contributed by atoms with Crippen molar-refractivity contribution in [3.8, 4) is 11.3 Å². The number of hydrogen-bond donors (Lipinski definition) is 1. The molecule has 0 radical (unpaired) electrons. The highest BCUT2D eigenvalue weighted by Gasteiger charge is 2.13. The Morgan fingerprint density at radius 3 is 2.62 bits per heavy atom. The lowest BCUT2D eigenvalue weighted by molar-refractivity contribution is 0.0949. The van der Waals surface area contributed by atoms with E-state index in [1.54, 1.807) is 0 Å². The Kier molecular flexibility index (Phi) is 4.15. The molecule has 128 valence electrons. The summed E-state index contributed by atoms with van der Waals surface area (Å²) < 4.78 is 1.85. The predicted molar refractivity (Wildman–Crippen MR) is 98.6 cm³/mol. The van der Waals surface area contributed by atoms with E-state index in [2.05, 4.69) is 20.5 Å². The van der Waals surface area contributed by atoms with E-state index in [9.17, 15) is 4.79 Å². The van der Waals surface area contributed by atoms with Crippen molar-refractivity contribution >= 4 is 11.6 Å². The van der Waals surface area contributed by atoms with Crippen LogP contribution >= 0.6 is 0 Å². The van der Waals surface area contributed by atoms with Crippen molar-refractivity contribution in [2.45, 2.75) is 13.5 Å². The number of carbonyl (C=O) groups excluding carboxylic acids is 1. The van der Waals surface area contributed by atoms with Crippen LogP contribution in [-0.4, -0.2) is 25.5 Å². The van der Waals surface area contributed by atoms with E-state index >= 15 is 0 Å². The second kappa shape index (κ2) is 6.76. The van der Waals surface area contributed by atoms with Gasteiger partial charge in [0.15, 0.2) is 11.5 Å². The first-order valence-corrected chi connectivity index (χ1v) is 8.32. The van der Waals surface area contributed by atoms with Crippen LogP contribution < -0.4 is 5.32 Å². The summed E-state index contributed by atoms with van der Waals surface area (Å²) in [6.07, 6.45) is 1.87. The quantitative estimate of drug-likeness (QED) is 0.618. The molecule has 0 bridgehead atoms. The van der Waals surface area contributed by atoms with Gasteiger partial charge in [-0.05, 0) is 31.2 Å². The van der Waals surface area contributed by atoms with Crippen LogP contribution in [0.15, 0.2) is 66.9 Å². The van der Waals surface area contributed by atoms with E-state index in [1.165, 1.54) is 0 Å². The van der Waals surface area contributed by atoms with Crippen LogP contribution in [0.4, 0.5) is 0 Å². The van der Waals surface area contributed by atoms with Crippen molar-refractivity contribution in [3.05, 3.63) is 83.9 Å². The van der Waals surface area contributed by atoms with E-state index in [0.717, 1.165) is 16.9 Å². The molecule has 0 unspecified atom stereocenters. The summed E-state index contributed by atoms with van der Waals surface area (Å²) in [5.41, 5.74) is 3.87. The Balaban J connectivity index is 1.51. The summed E-state index contributed by atoms with van der Waals surface area (Å²) in [6, 6.07) is 19.2. The Hall–Kier alpha value is -3.54. The maximum atomic E-state index is 12.5. The molecule has 6 heteroatoms. The Bertz CT molecular complexity index is 1070. The maximum absolute atomic E-state index is 12.5. The first-order valence-electron chi connectivity index (χ1n) is 8.32. The van der Waals surface area contributed by atoms with Crippen LogP contribution in [0.1, 0.15) is 21.9 Å². The highest BCUT2D eigenvalue weighted by molar-refractivity contribution is 5.95. The molecule has 0 aliphatic heterocycles. The standard InChI is InChI=1S/C20H17N5O/c1-14-16(10-11-17(22-14)15-7-3-2-4-8-15)20(26)21-13-19-24-23-18-9-5-6-12-25(18)19/h2-12H,13H2,1H3,(H,21,26). The fourth-order valence-corrected chi connectivity index (χ4v) is 2.84. The van der Waals surface area contributed by atoms with Gasteiger partial charge in [-0.15, -0.1) is 10.2 Å². The van der Waals surface area contributed by atoms with Gasteiger partial charge in [0.25, 0.3) is 5.91 Å². The first-order chi connectivity index (χ1) is 12.7. The van der Waals surface area contributed by atoms with Crippen molar-refractivity contribution in [1.29, 1.82) is 0 Å². The number of benzene rings is 1. The third-order valence-corrected chi connectivity index (χ3v) is 4.19. The topological polar surface area (TPSA) is 72.2 Å². The summed E-state index contributed by atoms with van der Waals surface area (Å²) in [6.45, 7) is 2.14. The molecule has 0 atom stereocenters. The molecule has 1 aromatic carbocycles.